The van der Waals surface area contributed by atoms with Crippen LogP contribution in [0.25, 0.3) is 60.5 Å². The van der Waals surface area contributed by atoms with Crippen molar-refractivity contribution in [3.63, 3.8) is 0 Å². The molecule has 1 aromatic heterocycles. The van der Waals surface area contributed by atoms with Crippen LogP contribution in [0.1, 0.15) is 25.0 Å². The molecule has 1 heterocycles. The fourth-order valence-corrected chi connectivity index (χ4v) is 8.47. The van der Waals surface area contributed by atoms with Crippen molar-refractivity contribution >= 4 is 49.6 Å². The zero-order valence-corrected chi connectivity index (χ0v) is 28.7. The number of fused-ring (bicyclic) bond motifs is 7. The first-order valence-electron chi connectivity index (χ1n) is 17.8. The molecule has 0 bridgehead atoms. The van der Waals surface area contributed by atoms with E-state index in [4.69, 9.17) is 0 Å². The lowest BCUT2D eigenvalue weighted by Gasteiger charge is -2.27. The molecule has 0 spiro atoms. The number of para-hydroxylation sites is 1. The summed E-state index contributed by atoms with van der Waals surface area (Å²) in [5.74, 6) is 0. The summed E-state index contributed by atoms with van der Waals surface area (Å²) < 4.78 is 2.47. The summed E-state index contributed by atoms with van der Waals surface area (Å²) in [6, 6.07) is 66.6. The molecule has 1 aliphatic carbocycles. The fourth-order valence-electron chi connectivity index (χ4n) is 8.47. The van der Waals surface area contributed by atoms with Crippen molar-refractivity contribution in [3.8, 4) is 27.9 Å². The molecule has 10 rings (SSSR count). The summed E-state index contributed by atoms with van der Waals surface area (Å²) in [5, 5.41) is 4.94. The first-order chi connectivity index (χ1) is 25.1. The van der Waals surface area contributed by atoms with Crippen LogP contribution in [0.2, 0.25) is 0 Å². The Balaban J connectivity index is 1.20. The van der Waals surface area contributed by atoms with Crippen molar-refractivity contribution < 1.29 is 0 Å². The normalized spacial score (nSPS) is 13.1. The Kier molecular flexibility index (Phi) is 6.56. The number of benzene rings is 8. The van der Waals surface area contributed by atoms with Crippen molar-refractivity contribution in [1.29, 1.82) is 0 Å². The third-order valence-electron chi connectivity index (χ3n) is 11.0. The first-order valence-corrected chi connectivity index (χ1v) is 17.8. The van der Waals surface area contributed by atoms with E-state index in [2.05, 4.69) is 205 Å². The van der Waals surface area contributed by atoms with Gasteiger partial charge in [-0.25, -0.2) is 0 Å². The maximum Gasteiger partial charge on any atom is 0.0561 e. The van der Waals surface area contributed by atoms with E-state index in [1.807, 2.05) is 0 Å². The molecule has 0 unspecified atom stereocenters. The van der Waals surface area contributed by atoms with E-state index in [-0.39, 0.29) is 5.41 Å². The smallest absolute Gasteiger partial charge is 0.0561 e. The van der Waals surface area contributed by atoms with E-state index < -0.39 is 0 Å². The van der Waals surface area contributed by atoms with E-state index >= 15 is 0 Å². The molecule has 51 heavy (non-hydrogen) atoms. The van der Waals surface area contributed by atoms with Crippen LogP contribution in [0.15, 0.2) is 182 Å². The highest BCUT2D eigenvalue weighted by Crippen LogP contribution is 2.50. The molecule has 1 aliphatic rings. The standard InChI is InChI=1S/C49H36N2/c1-49(2)44-20-10-8-18-40(44)41-29-27-37(31-45(41)49)51-47-21-11-9-19-42(47)43-30-28-38(32-48(43)51)50(46-22-12-16-35-15-6-7-17-39(35)46)36-25-23-34(24-26-36)33-13-4-3-5-14-33/h3-32H,1-2H3. The molecule has 9 aromatic rings. The summed E-state index contributed by atoms with van der Waals surface area (Å²) in [7, 11) is 0. The molecular formula is C49H36N2. The summed E-state index contributed by atoms with van der Waals surface area (Å²) in [5.41, 5.74) is 14.8. The molecular weight excluding hydrogens is 617 g/mol. The van der Waals surface area contributed by atoms with Crippen LogP contribution in [0.3, 0.4) is 0 Å². The molecule has 242 valence electrons. The molecule has 0 atom stereocenters. The Labute approximate surface area is 298 Å². The van der Waals surface area contributed by atoms with Crippen molar-refractivity contribution in [2.24, 2.45) is 0 Å². The lowest BCUT2D eigenvalue weighted by Crippen LogP contribution is -2.15. The number of aromatic nitrogens is 1. The predicted molar refractivity (Wildman–Crippen MR) is 216 cm³/mol. The van der Waals surface area contributed by atoms with Gasteiger partial charge in [-0.3, -0.25) is 0 Å². The summed E-state index contributed by atoms with van der Waals surface area (Å²) in [4.78, 5) is 2.42. The number of hydrogen-bond donors (Lipinski definition) is 0. The molecule has 0 amide bonds. The summed E-state index contributed by atoms with van der Waals surface area (Å²) in [6.07, 6.45) is 0. The van der Waals surface area contributed by atoms with Crippen molar-refractivity contribution in [2.75, 3.05) is 4.90 Å². The van der Waals surface area contributed by atoms with Crippen LogP contribution >= 0.6 is 0 Å². The van der Waals surface area contributed by atoms with E-state index in [9.17, 15) is 0 Å². The minimum Gasteiger partial charge on any atom is -0.310 e. The van der Waals surface area contributed by atoms with Gasteiger partial charge in [0.2, 0.25) is 0 Å². The highest BCUT2D eigenvalue weighted by atomic mass is 15.1. The van der Waals surface area contributed by atoms with Gasteiger partial charge in [-0.05, 0) is 87.3 Å². The number of nitrogens with zero attached hydrogens (tertiary/aromatic N) is 2. The van der Waals surface area contributed by atoms with Gasteiger partial charge in [0.15, 0.2) is 0 Å². The average molecular weight is 653 g/mol. The number of anilines is 3. The van der Waals surface area contributed by atoms with Crippen LogP contribution in [-0.2, 0) is 5.41 Å². The second-order valence-electron chi connectivity index (χ2n) is 14.2. The van der Waals surface area contributed by atoms with Gasteiger partial charge < -0.3 is 9.47 Å². The Bertz CT molecular complexity index is 2760. The van der Waals surface area contributed by atoms with Gasteiger partial charge in [-0.15, -0.1) is 0 Å². The molecule has 0 radical (unpaired) electrons. The lowest BCUT2D eigenvalue weighted by molar-refractivity contribution is 0.660. The van der Waals surface area contributed by atoms with Crippen LogP contribution < -0.4 is 4.90 Å². The van der Waals surface area contributed by atoms with Gasteiger partial charge in [0.1, 0.15) is 0 Å². The molecule has 0 fully saturated rings. The Morgan fingerprint density at radius 3 is 1.94 bits per heavy atom. The third-order valence-corrected chi connectivity index (χ3v) is 11.0. The topological polar surface area (TPSA) is 8.17 Å². The Morgan fingerprint density at radius 1 is 0.431 bits per heavy atom. The van der Waals surface area contributed by atoms with E-state index in [1.54, 1.807) is 0 Å². The van der Waals surface area contributed by atoms with Gasteiger partial charge in [-0.2, -0.15) is 0 Å². The molecule has 8 aromatic carbocycles. The van der Waals surface area contributed by atoms with Gasteiger partial charge in [-0.1, -0.05) is 147 Å². The maximum atomic E-state index is 2.47. The van der Waals surface area contributed by atoms with Gasteiger partial charge in [0.25, 0.3) is 0 Å². The van der Waals surface area contributed by atoms with Crippen LogP contribution in [-0.4, -0.2) is 4.57 Å². The fraction of sp³-hybridized carbons (Fsp3) is 0.0612. The minimum atomic E-state index is -0.0804. The van der Waals surface area contributed by atoms with Gasteiger partial charge >= 0.3 is 0 Å². The SMILES string of the molecule is CC1(C)c2ccccc2-c2ccc(-n3c4ccccc4c4ccc(N(c5ccc(-c6ccccc6)cc5)c5cccc6ccccc56)cc43)cc21. The zero-order chi connectivity index (χ0) is 34.1. The third kappa shape index (κ3) is 4.57. The minimum absolute atomic E-state index is 0.0804. The molecule has 0 saturated heterocycles. The van der Waals surface area contributed by atoms with Crippen molar-refractivity contribution in [2.45, 2.75) is 19.3 Å². The molecule has 2 heteroatoms. The molecule has 2 nitrogen and oxygen atoms in total. The highest BCUT2D eigenvalue weighted by molar-refractivity contribution is 6.11. The van der Waals surface area contributed by atoms with Crippen molar-refractivity contribution in [3.05, 3.63) is 193 Å². The molecule has 0 saturated carbocycles. The number of rotatable bonds is 5. The van der Waals surface area contributed by atoms with Crippen LogP contribution in [0, 0.1) is 0 Å². The number of hydrogen-bond acceptors (Lipinski definition) is 1. The van der Waals surface area contributed by atoms with E-state index in [1.165, 1.54) is 71.6 Å². The second-order valence-corrected chi connectivity index (χ2v) is 14.2. The maximum absolute atomic E-state index is 2.47. The second kappa shape index (κ2) is 11.3. The van der Waals surface area contributed by atoms with E-state index in [0.717, 1.165) is 17.1 Å². The van der Waals surface area contributed by atoms with Gasteiger partial charge in [0.05, 0.1) is 16.7 Å². The van der Waals surface area contributed by atoms with Crippen molar-refractivity contribution in [1.82, 2.24) is 4.57 Å². The Hall–Kier alpha value is -6.38. The largest absolute Gasteiger partial charge is 0.310 e. The van der Waals surface area contributed by atoms with Gasteiger partial charge in [0, 0.05) is 38.6 Å². The van der Waals surface area contributed by atoms with Crippen LogP contribution in [0.4, 0.5) is 17.1 Å². The summed E-state index contributed by atoms with van der Waals surface area (Å²) in [6.45, 7) is 4.72. The van der Waals surface area contributed by atoms with Crippen LogP contribution in [0.5, 0.6) is 0 Å². The average Bonchev–Trinajstić information content (AvgIpc) is 3.63. The Morgan fingerprint density at radius 2 is 1.08 bits per heavy atom. The van der Waals surface area contributed by atoms with E-state index in [0.29, 0.717) is 0 Å². The molecule has 0 N–H and O–H groups in total. The highest BCUT2D eigenvalue weighted by Gasteiger charge is 2.35. The monoisotopic (exact) mass is 652 g/mol. The lowest BCUT2D eigenvalue weighted by atomic mass is 9.82. The quantitative estimate of drug-likeness (QED) is 0.180. The predicted octanol–water partition coefficient (Wildman–Crippen LogP) is 13.4. The molecule has 0 aliphatic heterocycles. The summed E-state index contributed by atoms with van der Waals surface area (Å²) >= 11 is 0. The first kappa shape index (κ1) is 29.5. The zero-order valence-electron chi connectivity index (χ0n) is 28.7.